The van der Waals surface area contributed by atoms with Crippen LogP contribution in [0.5, 0.6) is 0 Å². The van der Waals surface area contributed by atoms with Gasteiger partial charge >= 0.3 is 0 Å². The summed E-state index contributed by atoms with van der Waals surface area (Å²) in [6.45, 7) is 12.7. The Morgan fingerprint density at radius 2 is 1.40 bits per heavy atom. The van der Waals surface area contributed by atoms with E-state index in [4.69, 9.17) is 4.84 Å². The molecule has 5 heteroatoms. The molecule has 4 nitrogen and oxygen atoms in total. The SMILES string of the molecule is [CH2][C@H](O[N+](=O)[O-])C(C)[Si](c1ccccc1)(c1ccccc1)C(C)(C)C. The minimum atomic E-state index is -2.47. The zero-order valence-corrected chi connectivity index (χ0v) is 16.3. The molecule has 133 valence electrons. The molecule has 0 amide bonds. The van der Waals surface area contributed by atoms with Gasteiger partial charge in [0.05, 0.1) is 0 Å². The Kier molecular flexibility index (Phi) is 5.68. The molecule has 2 aromatic carbocycles. The van der Waals surface area contributed by atoms with Crippen molar-refractivity contribution in [3.05, 3.63) is 77.7 Å². The Hall–Kier alpha value is -2.14. The van der Waals surface area contributed by atoms with Crippen LogP contribution in [0.1, 0.15) is 27.7 Å². The van der Waals surface area contributed by atoms with Gasteiger partial charge in [0, 0.05) is 0 Å². The Bertz CT molecular complexity index is 658. The second-order valence-corrected chi connectivity index (χ2v) is 12.6. The molecule has 0 aromatic heterocycles. The average Bonchev–Trinajstić information content (AvgIpc) is 2.55. The maximum absolute atomic E-state index is 10.9. The van der Waals surface area contributed by atoms with Crippen LogP contribution in [0.4, 0.5) is 0 Å². The first-order valence-electron chi connectivity index (χ1n) is 8.46. The highest BCUT2D eigenvalue weighted by molar-refractivity contribution is 7.05. The van der Waals surface area contributed by atoms with Crippen molar-refractivity contribution in [2.75, 3.05) is 0 Å². The first kappa shape index (κ1) is 19.2. The van der Waals surface area contributed by atoms with Crippen molar-refractivity contribution in [2.24, 2.45) is 0 Å². The van der Waals surface area contributed by atoms with Gasteiger partial charge in [-0.25, -0.2) is 0 Å². The maximum atomic E-state index is 10.9. The molecule has 0 saturated carbocycles. The third-order valence-electron chi connectivity index (χ3n) is 5.10. The van der Waals surface area contributed by atoms with Gasteiger partial charge in [-0.15, -0.1) is 10.1 Å². The largest absolute Gasteiger partial charge is 0.311 e. The molecule has 0 saturated heterocycles. The Morgan fingerprint density at radius 3 is 1.72 bits per heavy atom. The van der Waals surface area contributed by atoms with Crippen LogP contribution in [0, 0.1) is 17.0 Å². The molecule has 2 aromatic rings. The molecule has 0 aliphatic rings. The van der Waals surface area contributed by atoms with E-state index < -0.39 is 19.3 Å². The van der Waals surface area contributed by atoms with Gasteiger partial charge in [0.25, 0.3) is 5.09 Å². The summed E-state index contributed by atoms with van der Waals surface area (Å²) in [5.41, 5.74) is -0.0947. The molecule has 0 aliphatic heterocycles. The third kappa shape index (κ3) is 3.61. The van der Waals surface area contributed by atoms with Crippen molar-refractivity contribution in [3.63, 3.8) is 0 Å². The summed E-state index contributed by atoms with van der Waals surface area (Å²) in [5.74, 6) is 0. The van der Waals surface area contributed by atoms with E-state index in [-0.39, 0.29) is 10.6 Å². The summed E-state index contributed by atoms with van der Waals surface area (Å²) in [6, 6.07) is 20.7. The molecule has 25 heavy (non-hydrogen) atoms. The first-order valence-corrected chi connectivity index (χ1v) is 10.5. The van der Waals surface area contributed by atoms with Gasteiger partial charge in [0.2, 0.25) is 0 Å². The Labute approximate surface area is 151 Å². The first-order chi connectivity index (χ1) is 11.7. The molecule has 0 bridgehead atoms. The zero-order valence-electron chi connectivity index (χ0n) is 15.3. The summed E-state index contributed by atoms with van der Waals surface area (Å²) in [4.78, 5) is 15.8. The van der Waals surface area contributed by atoms with E-state index in [1.54, 1.807) is 0 Å². The van der Waals surface area contributed by atoms with Crippen molar-refractivity contribution in [2.45, 2.75) is 44.4 Å². The zero-order chi connectivity index (χ0) is 18.7. The van der Waals surface area contributed by atoms with Crippen molar-refractivity contribution >= 4 is 18.4 Å². The van der Waals surface area contributed by atoms with Crippen molar-refractivity contribution < 1.29 is 9.92 Å². The van der Waals surface area contributed by atoms with Gasteiger partial charge in [-0.3, -0.25) is 0 Å². The van der Waals surface area contributed by atoms with Crippen LogP contribution in [0.15, 0.2) is 60.7 Å². The lowest BCUT2D eigenvalue weighted by molar-refractivity contribution is -0.765. The lowest BCUT2D eigenvalue weighted by atomic mass is 10.2. The fourth-order valence-corrected chi connectivity index (χ4v) is 10.7. The molecular weight excluding hydrogens is 330 g/mol. The minimum absolute atomic E-state index is 0.0922. The Morgan fingerprint density at radius 1 is 1.00 bits per heavy atom. The molecule has 2 atom stereocenters. The molecule has 2 rings (SSSR count). The number of hydrogen-bond acceptors (Lipinski definition) is 3. The Balaban J connectivity index is 2.75. The fraction of sp³-hybridized carbons (Fsp3) is 0.350. The molecule has 0 fully saturated rings. The van der Waals surface area contributed by atoms with Crippen LogP contribution in [0.2, 0.25) is 10.6 Å². The lowest BCUT2D eigenvalue weighted by Gasteiger charge is -2.49. The summed E-state index contributed by atoms with van der Waals surface area (Å²) in [7, 11) is -2.47. The van der Waals surface area contributed by atoms with E-state index in [1.807, 2.05) is 43.3 Å². The number of nitrogens with zero attached hydrogens (tertiary/aromatic N) is 1. The lowest BCUT2D eigenvalue weighted by Crippen LogP contribution is -2.68. The van der Waals surface area contributed by atoms with Gasteiger partial charge < -0.3 is 4.84 Å². The molecule has 0 heterocycles. The fourth-order valence-electron chi connectivity index (χ4n) is 4.12. The van der Waals surface area contributed by atoms with Crippen molar-refractivity contribution in [1.29, 1.82) is 0 Å². The number of hydrogen-bond donors (Lipinski definition) is 0. The summed E-state index contributed by atoms with van der Waals surface area (Å²) in [6.07, 6.45) is -0.735. The normalized spacial score (nSPS) is 14.6. The molecule has 0 spiro atoms. The monoisotopic (exact) mass is 356 g/mol. The molecule has 0 aliphatic carbocycles. The van der Waals surface area contributed by atoms with Gasteiger partial charge in [-0.05, 0) is 17.5 Å². The van der Waals surface area contributed by atoms with E-state index in [9.17, 15) is 10.1 Å². The van der Waals surface area contributed by atoms with Gasteiger partial charge in [0.15, 0.2) is 0 Å². The van der Waals surface area contributed by atoms with E-state index in [0.717, 1.165) is 0 Å². The van der Waals surface area contributed by atoms with Gasteiger partial charge in [-0.2, -0.15) is 0 Å². The standard InChI is InChI=1S/C20H26NO3Si/c1-16(24-21(22)23)17(2)25(20(3,4)5,18-12-8-6-9-13-18)19-14-10-7-11-15-19/h6-17H,1H2,2-5H3/t16-,17?/m0/s1. The number of rotatable bonds is 6. The second-order valence-electron chi connectivity index (χ2n) is 7.45. The van der Waals surface area contributed by atoms with E-state index >= 15 is 0 Å². The van der Waals surface area contributed by atoms with Gasteiger partial charge in [0.1, 0.15) is 14.2 Å². The van der Waals surface area contributed by atoms with Crippen LogP contribution in [0.3, 0.4) is 0 Å². The van der Waals surface area contributed by atoms with Crippen molar-refractivity contribution in [3.8, 4) is 0 Å². The summed E-state index contributed by atoms with van der Waals surface area (Å²) in [5, 5.41) is 12.6. The average molecular weight is 357 g/mol. The molecule has 0 N–H and O–H groups in total. The van der Waals surface area contributed by atoms with E-state index in [0.29, 0.717) is 0 Å². The molecule has 1 radical (unpaired) electrons. The topological polar surface area (TPSA) is 52.4 Å². The molecule has 1 unspecified atom stereocenters. The minimum Gasteiger partial charge on any atom is -0.311 e. The van der Waals surface area contributed by atoms with Crippen LogP contribution in [-0.2, 0) is 4.84 Å². The second kappa shape index (κ2) is 7.40. The van der Waals surface area contributed by atoms with Crippen molar-refractivity contribution in [1.82, 2.24) is 0 Å². The van der Waals surface area contributed by atoms with Crippen LogP contribution in [-0.4, -0.2) is 19.3 Å². The summed E-state index contributed by atoms with van der Waals surface area (Å²) < 4.78 is 0. The predicted molar refractivity (Wildman–Crippen MR) is 104 cm³/mol. The quantitative estimate of drug-likeness (QED) is 0.449. The molecular formula is C20H26NO3Si. The van der Waals surface area contributed by atoms with E-state index in [2.05, 4.69) is 52.0 Å². The highest BCUT2D eigenvalue weighted by atomic mass is 28.3. The third-order valence-corrected chi connectivity index (χ3v) is 11.7. The van der Waals surface area contributed by atoms with E-state index in [1.165, 1.54) is 10.4 Å². The number of benzene rings is 2. The predicted octanol–water partition coefficient (Wildman–Crippen LogP) is 3.85. The highest BCUT2D eigenvalue weighted by Gasteiger charge is 2.53. The van der Waals surface area contributed by atoms with Crippen LogP contribution >= 0.6 is 0 Å². The van der Waals surface area contributed by atoms with Crippen LogP contribution in [0.25, 0.3) is 0 Å². The maximum Gasteiger partial charge on any atom is 0.294 e. The summed E-state index contributed by atoms with van der Waals surface area (Å²) >= 11 is 0. The highest BCUT2D eigenvalue weighted by Crippen LogP contribution is 2.44. The van der Waals surface area contributed by atoms with Gasteiger partial charge in [-0.1, -0.05) is 98.7 Å². The van der Waals surface area contributed by atoms with Crippen LogP contribution < -0.4 is 10.4 Å². The smallest absolute Gasteiger partial charge is 0.294 e.